The number of benzene rings is 2. The van der Waals surface area contributed by atoms with Crippen LogP contribution < -0.4 is 5.32 Å². The number of thiophene rings is 1. The Hall–Kier alpha value is -2.99. The molecule has 5 nitrogen and oxygen atoms in total. The average molecular weight is 348 g/mol. The number of fused-ring (bicyclic) bond motifs is 1. The van der Waals surface area contributed by atoms with Gasteiger partial charge in [-0.15, -0.1) is 16.4 Å². The zero-order valence-corrected chi connectivity index (χ0v) is 14.4. The van der Waals surface area contributed by atoms with Crippen LogP contribution in [0.1, 0.15) is 15.8 Å². The molecule has 4 rings (SSSR count). The van der Waals surface area contributed by atoms with Crippen molar-refractivity contribution in [3.63, 3.8) is 0 Å². The number of amides is 1. The number of hydrogen-bond donors (Lipinski definition) is 1. The van der Waals surface area contributed by atoms with E-state index >= 15 is 0 Å². The molecule has 6 heteroatoms. The lowest BCUT2D eigenvalue weighted by Crippen LogP contribution is -2.27. The van der Waals surface area contributed by atoms with E-state index in [-0.39, 0.29) is 5.91 Å². The van der Waals surface area contributed by atoms with Gasteiger partial charge in [-0.25, -0.2) is 4.68 Å². The fraction of sp³-hybridized carbons (Fsp3) is 0.105. The van der Waals surface area contributed by atoms with E-state index in [0.29, 0.717) is 0 Å². The topological polar surface area (TPSA) is 59.8 Å². The third kappa shape index (κ3) is 3.04. The first-order chi connectivity index (χ1) is 12.2. The van der Waals surface area contributed by atoms with Crippen molar-refractivity contribution >= 4 is 34.0 Å². The summed E-state index contributed by atoms with van der Waals surface area (Å²) >= 11 is 1.59. The summed E-state index contributed by atoms with van der Waals surface area (Å²) in [5, 5.41) is 11.4. The molecule has 0 saturated carbocycles. The quantitative estimate of drug-likeness (QED) is 0.606. The zero-order chi connectivity index (χ0) is 17.2. The van der Waals surface area contributed by atoms with Crippen molar-refractivity contribution in [2.45, 2.75) is 13.0 Å². The minimum Gasteiger partial charge on any atom is -0.324 e. The highest BCUT2D eigenvalue weighted by Crippen LogP contribution is 2.29. The summed E-state index contributed by atoms with van der Waals surface area (Å²) in [5.74, 6) is -0.135. The summed E-state index contributed by atoms with van der Waals surface area (Å²) in [7, 11) is 0. The second-order valence-corrected chi connectivity index (χ2v) is 7.05. The lowest BCUT2D eigenvalue weighted by molar-refractivity contribution is -0.118. The molecular weight excluding hydrogens is 332 g/mol. The van der Waals surface area contributed by atoms with Gasteiger partial charge in [0.15, 0.2) is 6.04 Å². The van der Waals surface area contributed by atoms with E-state index in [1.807, 2.05) is 73.7 Å². The van der Waals surface area contributed by atoms with Gasteiger partial charge < -0.3 is 5.32 Å². The molecule has 124 valence electrons. The molecule has 0 aliphatic heterocycles. The molecule has 2 aromatic heterocycles. The van der Waals surface area contributed by atoms with E-state index in [0.717, 1.165) is 26.5 Å². The van der Waals surface area contributed by atoms with E-state index < -0.39 is 6.04 Å². The van der Waals surface area contributed by atoms with Crippen LogP contribution >= 0.6 is 11.3 Å². The number of hydrogen-bond acceptors (Lipinski definition) is 4. The SMILES string of the molecule is Cc1ccc(C(C(=O)Nc2ccccc2)n2nnc3ccccc32)s1. The minimum absolute atomic E-state index is 0.135. The van der Waals surface area contributed by atoms with Gasteiger partial charge in [0.25, 0.3) is 5.91 Å². The molecule has 0 bridgehead atoms. The van der Waals surface area contributed by atoms with Crippen LogP contribution in [0.3, 0.4) is 0 Å². The summed E-state index contributed by atoms with van der Waals surface area (Å²) in [6, 6.07) is 20.5. The number of aromatic nitrogens is 3. The number of nitrogens with zero attached hydrogens (tertiary/aromatic N) is 3. The van der Waals surface area contributed by atoms with Crippen LogP contribution in [-0.2, 0) is 4.79 Å². The number of carbonyl (C=O) groups is 1. The molecule has 1 atom stereocenters. The summed E-state index contributed by atoms with van der Waals surface area (Å²) in [5.41, 5.74) is 2.37. The molecule has 0 radical (unpaired) electrons. The molecule has 1 unspecified atom stereocenters. The molecule has 0 fully saturated rings. The Kier molecular flexibility index (Phi) is 4.03. The third-order valence-electron chi connectivity index (χ3n) is 3.94. The summed E-state index contributed by atoms with van der Waals surface area (Å²) < 4.78 is 1.69. The van der Waals surface area contributed by atoms with Gasteiger partial charge in [-0.05, 0) is 43.3 Å². The average Bonchev–Trinajstić information content (AvgIpc) is 3.23. The lowest BCUT2D eigenvalue weighted by atomic mass is 10.2. The fourth-order valence-corrected chi connectivity index (χ4v) is 3.73. The molecule has 0 saturated heterocycles. The number of carbonyl (C=O) groups excluding carboxylic acids is 1. The molecular formula is C19H16N4OS. The van der Waals surface area contributed by atoms with Gasteiger partial charge in [-0.2, -0.15) is 0 Å². The first-order valence-corrected chi connectivity index (χ1v) is 8.76. The van der Waals surface area contributed by atoms with E-state index in [9.17, 15) is 4.79 Å². The number of para-hydroxylation sites is 2. The first-order valence-electron chi connectivity index (χ1n) is 7.94. The van der Waals surface area contributed by atoms with Crippen molar-refractivity contribution in [1.82, 2.24) is 15.0 Å². The van der Waals surface area contributed by atoms with Crippen LogP contribution in [0.5, 0.6) is 0 Å². The normalized spacial score (nSPS) is 12.2. The molecule has 25 heavy (non-hydrogen) atoms. The van der Waals surface area contributed by atoms with Crippen LogP contribution in [-0.4, -0.2) is 20.9 Å². The van der Waals surface area contributed by atoms with Crippen molar-refractivity contribution in [2.24, 2.45) is 0 Å². The summed E-state index contributed by atoms with van der Waals surface area (Å²) in [6.07, 6.45) is 0. The standard InChI is InChI=1S/C19H16N4OS/c1-13-11-12-17(25-13)18(19(24)20-14-7-3-2-4-8-14)23-16-10-6-5-9-15(16)21-22-23/h2-12,18H,1H3,(H,20,24). The van der Waals surface area contributed by atoms with Gasteiger partial charge in [-0.1, -0.05) is 35.5 Å². The Morgan fingerprint density at radius 3 is 2.56 bits per heavy atom. The van der Waals surface area contributed by atoms with Crippen LogP contribution in [0.25, 0.3) is 11.0 Å². The van der Waals surface area contributed by atoms with Crippen molar-refractivity contribution in [3.05, 3.63) is 76.5 Å². The maximum absolute atomic E-state index is 13.1. The van der Waals surface area contributed by atoms with Crippen LogP contribution in [0.2, 0.25) is 0 Å². The highest BCUT2D eigenvalue weighted by atomic mass is 32.1. The van der Waals surface area contributed by atoms with E-state index in [4.69, 9.17) is 0 Å². The van der Waals surface area contributed by atoms with Gasteiger partial charge in [0.1, 0.15) is 5.52 Å². The first kappa shape index (κ1) is 15.5. The largest absolute Gasteiger partial charge is 0.324 e. The molecule has 2 aromatic carbocycles. The van der Waals surface area contributed by atoms with Gasteiger partial charge in [0.2, 0.25) is 0 Å². The fourth-order valence-electron chi connectivity index (χ4n) is 2.77. The number of nitrogens with one attached hydrogen (secondary N) is 1. The van der Waals surface area contributed by atoms with E-state index in [1.54, 1.807) is 16.0 Å². The highest BCUT2D eigenvalue weighted by molar-refractivity contribution is 7.12. The van der Waals surface area contributed by atoms with Gasteiger partial charge >= 0.3 is 0 Å². The van der Waals surface area contributed by atoms with E-state index in [1.165, 1.54) is 0 Å². The Bertz CT molecular complexity index is 1020. The van der Waals surface area contributed by atoms with Crippen LogP contribution in [0, 0.1) is 6.92 Å². The van der Waals surface area contributed by atoms with Crippen LogP contribution in [0.15, 0.2) is 66.7 Å². The molecule has 0 aliphatic carbocycles. The summed E-state index contributed by atoms with van der Waals surface area (Å²) in [6.45, 7) is 2.03. The number of rotatable bonds is 4. The number of anilines is 1. The molecule has 1 N–H and O–H groups in total. The monoisotopic (exact) mass is 348 g/mol. The maximum Gasteiger partial charge on any atom is 0.254 e. The molecule has 1 amide bonds. The molecule has 0 spiro atoms. The van der Waals surface area contributed by atoms with E-state index in [2.05, 4.69) is 15.6 Å². The molecule has 4 aromatic rings. The predicted octanol–water partition coefficient (Wildman–Crippen LogP) is 4.03. The Morgan fingerprint density at radius 1 is 1.04 bits per heavy atom. The van der Waals surface area contributed by atoms with Crippen molar-refractivity contribution in [2.75, 3.05) is 5.32 Å². The van der Waals surface area contributed by atoms with Crippen molar-refractivity contribution in [3.8, 4) is 0 Å². The summed E-state index contributed by atoms with van der Waals surface area (Å²) in [4.78, 5) is 15.2. The van der Waals surface area contributed by atoms with Gasteiger partial charge in [-0.3, -0.25) is 4.79 Å². The predicted molar refractivity (Wildman–Crippen MR) is 99.8 cm³/mol. The zero-order valence-electron chi connectivity index (χ0n) is 13.6. The Labute approximate surface area is 148 Å². The third-order valence-corrected chi connectivity index (χ3v) is 5.00. The lowest BCUT2D eigenvalue weighted by Gasteiger charge is -2.16. The van der Waals surface area contributed by atoms with Crippen LogP contribution in [0.4, 0.5) is 5.69 Å². The molecule has 2 heterocycles. The second-order valence-electron chi connectivity index (χ2n) is 5.73. The highest BCUT2D eigenvalue weighted by Gasteiger charge is 2.27. The number of aryl methyl sites for hydroxylation is 1. The minimum atomic E-state index is -0.564. The maximum atomic E-state index is 13.1. The van der Waals surface area contributed by atoms with Gasteiger partial charge in [0.05, 0.1) is 5.52 Å². The Balaban J connectivity index is 1.78. The van der Waals surface area contributed by atoms with Crippen molar-refractivity contribution < 1.29 is 4.79 Å². The Morgan fingerprint density at radius 2 is 1.80 bits per heavy atom. The van der Waals surface area contributed by atoms with Crippen molar-refractivity contribution in [1.29, 1.82) is 0 Å². The second kappa shape index (κ2) is 6.49. The smallest absolute Gasteiger partial charge is 0.254 e. The van der Waals surface area contributed by atoms with Gasteiger partial charge in [0, 0.05) is 15.4 Å². The molecule has 0 aliphatic rings.